The number of ether oxygens (including phenoxy) is 1. The molecule has 0 radical (unpaired) electrons. The summed E-state index contributed by atoms with van der Waals surface area (Å²) in [4.78, 5) is 4.59. The van der Waals surface area contributed by atoms with E-state index in [4.69, 9.17) is 4.74 Å². The maximum absolute atomic E-state index is 5.80. The lowest BCUT2D eigenvalue weighted by Crippen LogP contribution is -2.38. The first-order valence-corrected chi connectivity index (χ1v) is 8.97. The van der Waals surface area contributed by atoms with Crippen LogP contribution in [0.15, 0.2) is 47.7 Å². The molecule has 0 saturated carbocycles. The Bertz CT molecular complexity index is 625. The largest absolute Gasteiger partial charge is 0.493 e. The molecule has 0 atom stereocenters. The second-order valence-corrected chi connectivity index (χ2v) is 5.78. The van der Waals surface area contributed by atoms with Gasteiger partial charge < -0.3 is 15.4 Å². The van der Waals surface area contributed by atoms with Gasteiger partial charge in [-0.15, -0.1) is 0 Å². The summed E-state index contributed by atoms with van der Waals surface area (Å²) in [6.45, 7) is 8.17. The van der Waals surface area contributed by atoms with E-state index >= 15 is 0 Å². The first-order chi connectivity index (χ1) is 12.3. The van der Waals surface area contributed by atoms with Gasteiger partial charge in [-0.1, -0.05) is 18.2 Å². The SMILES string of the molecule is CCNC(=NCCCOc1ccccc1C)NCCCn1cccn1. The minimum Gasteiger partial charge on any atom is -0.493 e. The van der Waals surface area contributed by atoms with Crippen LogP contribution >= 0.6 is 0 Å². The number of benzene rings is 1. The summed E-state index contributed by atoms with van der Waals surface area (Å²) < 4.78 is 7.74. The van der Waals surface area contributed by atoms with E-state index in [-0.39, 0.29) is 0 Å². The Kier molecular flexibility index (Phi) is 8.38. The van der Waals surface area contributed by atoms with Gasteiger partial charge in [0.15, 0.2) is 5.96 Å². The molecule has 0 aliphatic rings. The Labute approximate surface area is 150 Å². The van der Waals surface area contributed by atoms with Gasteiger partial charge in [0, 0.05) is 45.0 Å². The highest BCUT2D eigenvalue weighted by Crippen LogP contribution is 2.16. The van der Waals surface area contributed by atoms with Crippen molar-refractivity contribution in [3.05, 3.63) is 48.3 Å². The van der Waals surface area contributed by atoms with Crippen LogP contribution in [0.2, 0.25) is 0 Å². The van der Waals surface area contributed by atoms with Crippen LogP contribution in [0.1, 0.15) is 25.3 Å². The molecule has 0 amide bonds. The van der Waals surface area contributed by atoms with Crippen molar-refractivity contribution in [2.24, 2.45) is 4.99 Å². The number of aryl methyl sites for hydroxylation is 2. The standard InChI is InChI=1S/C19H29N5O/c1-3-20-19(21-11-6-14-24-15-7-13-23-24)22-12-8-16-25-18-10-5-4-9-17(18)2/h4-5,7,9-10,13,15H,3,6,8,11-12,14,16H2,1-2H3,(H2,20,21,22). The summed E-state index contributed by atoms with van der Waals surface area (Å²) in [5, 5.41) is 10.8. The van der Waals surface area contributed by atoms with Gasteiger partial charge in [0.2, 0.25) is 0 Å². The Morgan fingerprint density at radius 2 is 2.08 bits per heavy atom. The van der Waals surface area contributed by atoms with E-state index in [1.165, 1.54) is 0 Å². The molecule has 2 N–H and O–H groups in total. The summed E-state index contributed by atoms with van der Waals surface area (Å²) >= 11 is 0. The van der Waals surface area contributed by atoms with Crippen molar-refractivity contribution in [2.45, 2.75) is 33.2 Å². The number of hydrogen-bond donors (Lipinski definition) is 2. The lowest BCUT2D eigenvalue weighted by Gasteiger charge is -2.12. The molecule has 6 heteroatoms. The zero-order valence-electron chi connectivity index (χ0n) is 15.2. The van der Waals surface area contributed by atoms with Gasteiger partial charge in [-0.25, -0.2) is 0 Å². The highest BCUT2D eigenvalue weighted by atomic mass is 16.5. The van der Waals surface area contributed by atoms with Gasteiger partial charge in [0.05, 0.1) is 6.61 Å². The number of aliphatic imine (C=N–C) groups is 1. The maximum atomic E-state index is 5.80. The molecular weight excluding hydrogens is 314 g/mol. The third-order valence-electron chi connectivity index (χ3n) is 3.68. The van der Waals surface area contributed by atoms with Crippen LogP contribution in [0.5, 0.6) is 5.75 Å². The lowest BCUT2D eigenvalue weighted by molar-refractivity contribution is 0.311. The second kappa shape index (κ2) is 11.1. The molecule has 6 nitrogen and oxygen atoms in total. The average molecular weight is 343 g/mol. The van der Waals surface area contributed by atoms with Crippen LogP contribution < -0.4 is 15.4 Å². The molecule has 25 heavy (non-hydrogen) atoms. The van der Waals surface area contributed by atoms with Gasteiger partial charge in [-0.05, 0) is 38.0 Å². The summed E-state index contributed by atoms with van der Waals surface area (Å²) in [5.41, 5.74) is 1.16. The highest BCUT2D eigenvalue weighted by Gasteiger charge is 1.99. The average Bonchev–Trinajstić information content (AvgIpc) is 3.13. The zero-order valence-corrected chi connectivity index (χ0v) is 15.2. The molecule has 0 saturated heterocycles. The van der Waals surface area contributed by atoms with Gasteiger partial charge in [0.1, 0.15) is 5.75 Å². The Morgan fingerprint density at radius 1 is 1.20 bits per heavy atom. The molecule has 0 aliphatic carbocycles. The predicted octanol–water partition coefficient (Wildman–Crippen LogP) is 2.61. The van der Waals surface area contributed by atoms with E-state index in [2.05, 4.69) is 40.6 Å². The van der Waals surface area contributed by atoms with Gasteiger partial charge in [-0.3, -0.25) is 9.67 Å². The van der Waals surface area contributed by atoms with E-state index < -0.39 is 0 Å². The molecule has 2 rings (SSSR count). The molecule has 0 spiro atoms. The Hall–Kier alpha value is -2.50. The molecule has 0 bridgehead atoms. The van der Waals surface area contributed by atoms with Crippen molar-refractivity contribution in [3.8, 4) is 5.75 Å². The highest BCUT2D eigenvalue weighted by molar-refractivity contribution is 5.79. The first kappa shape index (κ1) is 18.8. The van der Waals surface area contributed by atoms with Gasteiger partial charge >= 0.3 is 0 Å². The minimum atomic E-state index is 0.674. The van der Waals surface area contributed by atoms with Crippen molar-refractivity contribution < 1.29 is 4.74 Å². The maximum Gasteiger partial charge on any atom is 0.191 e. The Balaban J connectivity index is 1.63. The second-order valence-electron chi connectivity index (χ2n) is 5.78. The topological polar surface area (TPSA) is 63.5 Å². The monoisotopic (exact) mass is 343 g/mol. The summed E-state index contributed by atoms with van der Waals surface area (Å²) in [6.07, 6.45) is 5.67. The number of nitrogens with one attached hydrogen (secondary N) is 2. The van der Waals surface area contributed by atoms with Crippen LogP contribution in [-0.2, 0) is 6.54 Å². The molecular formula is C19H29N5O. The molecule has 0 unspecified atom stereocenters. The van der Waals surface area contributed by atoms with Gasteiger partial charge in [-0.2, -0.15) is 5.10 Å². The number of rotatable bonds is 10. The van der Waals surface area contributed by atoms with E-state index in [1.807, 2.05) is 35.1 Å². The molecule has 1 aromatic heterocycles. The van der Waals surface area contributed by atoms with Crippen molar-refractivity contribution in [3.63, 3.8) is 0 Å². The molecule has 136 valence electrons. The third-order valence-corrected chi connectivity index (χ3v) is 3.68. The van der Waals surface area contributed by atoms with Crippen molar-refractivity contribution in [2.75, 3.05) is 26.2 Å². The van der Waals surface area contributed by atoms with Crippen LogP contribution in [0.3, 0.4) is 0 Å². The zero-order chi connectivity index (χ0) is 17.7. The minimum absolute atomic E-state index is 0.674. The van der Waals surface area contributed by atoms with Crippen LogP contribution in [0, 0.1) is 6.92 Å². The van der Waals surface area contributed by atoms with Crippen LogP contribution in [0.4, 0.5) is 0 Å². The van der Waals surface area contributed by atoms with Crippen molar-refractivity contribution in [1.29, 1.82) is 0 Å². The smallest absolute Gasteiger partial charge is 0.191 e. The van der Waals surface area contributed by atoms with Gasteiger partial charge in [0.25, 0.3) is 0 Å². The molecule has 1 heterocycles. The quantitative estimate of drug-likeness (QED) is 0.395. The third kappa shape index (κ3) is 7.28. The molecule has 0 aliphatic heterocycles. The number of aromatic nitrogens is 2. The van der Waals surface area contributed by atoms with Crippen LogP contribution in [0.25, 0.3) is 0 Å². The fraction of sp³-hybridized carbons (Fsp3) is 0.474. The predicted molar refractivity (Wildman–Crippen MR) is 102 cm³/mol. The number of guanidine groups is 1. The Morgan fingerprint density at radius 3 is 2.84 bits per heavy atom. The summed E-state index contributed by atoms with van der Waals surface area (Å²) in [7, 11) is 0. The van der Waals surface area contributed by atoms with E-state index in [9.17, 15) is 0 Å². The van der Waals surface area contributed by atoms with Crippen LogP contribution in [-0.4, -0.2) is 42.0 Å². The molecule has 2 aromatic rings. The summed E-state index contributed by atoms with van der Waals surface area (Å²) in [6, 6.07) is 10.0. The summed E-state index contributed by atoms with van der Waals surface area (Å²) in [5.74, 6) is 1.81. The number of para-hydroxylation sites is 1. The lowest BCUT2D eigenvalue weighted by atomic mass is 10.2. The van der Waals surface area contributed by atoms with E-state index in [1.54, 1.807) is 6.20 Å². The van der Waals surface area contributed by atoms with Crippen molar-refractivity contribution in [1.82, 2.24) is 20.4 Å². The number of hydrogen-bond acceptors (Lipinski definition) is 3. The normalized spacial score (nSPS) is 11.4. The van der Waals surface area contributed by atoms with E-state index in [0.717, 1.165) is 56.3 Å². The fourth-order valence-corrected chi connectivity index (χ4v) is 2.38. The molecule has 0 fully saturated rings. The number of nitrogens with zero attached hydrogens (tertiary/aromatic N) is 3. The van der Waals surface area contributed by atoms with E-state index in [0.29, 0.717) is 6.61 Å². The molecule has 1 aromatic carbocycles. The fourth-order valence-electron chi connectivity index (χ4n) is 2.38. The first-order valence-electron chi connectivity index (χ1n) is 8.97. The van der Waals surface area contributed by atoms with Crippen molar-refractivity contribution >= 4 is 5.96 Å².